The molecule has 4 nitrogen and oxygen atoms in total. The molecule has 2 aromatic heterocycles. The molecule has 0 saturated heterocycles. The van der Waals surface area contributed by atoms with Crippen LogP contribution in [0.3, 0.4) is 0 Å². The Bertz CT molecular complexity index is 611. The number of aromatic amines is 1. The van der Waals surface area contributed by atoms with Gasteiger partial charge < -0.3 is 4.98 Å². The summed E-state index contributed by atoms with van der Waals surface area (Å²) in [5.74, 6) is 0.354. The molecule has 0 radical (unpaired) electrons. The minimum atomic E-state index is -0.367. The molecule has 6 heteroatoms. The number of halogens is 1. The van der Waals surface area contributed by atoms with Crippen molar-refractivity contribution in [3.8, 4) is 0 Å². The summed E-state index contributed by atoms with van der Waals surface area (Å²) in [6.45, 7) is 2.14. The molecular formula is C9H9ClN2O2S. The maximum absolute atomic E-state index is 11.8. The largest absolute Gasteiger partial charge is 0.328 e. The smallest absolute Gasteiger partial charge is 0.306 e. The van der Waals surface area contributed by atoms with Gasteiger partial charge in [-0.25, -0.2) is 4.79 Å². The molecule has 0 fully saturated rings. The Hall–Kier alpha value is -1.07. The molecule has 2 rings (SSSR count). The zero-order valence-corrected chi connectivity index (χ0v) is 9.61. The van der Waals surface area contributed by atoms with Crippen molar-refractivity contribution in [1.29, 1.82) is 0 Å². The molecule has 0 atom stereocenters. The number of alkyl halides is 1. The number of hydrogen-bond donors (Lipinski definition) is 1. The van der Waals surface area contributed by atoms with Crippen LogP contribution in [0.25, 0.3) is 10.2 Å². The summed E-state index contributed by atoms with van der Waals surface area (Å²) in [6.07, 6.45) is 0. The Kier molecular flexibility index (Phi) is 2.67. The van der Waals surface area contributed by atoms with E-state index in [0.29, 0.717) is 22.6 Å². The molecule has 0 bridgehead atoms. The van der Waals surface area contributed by atoms with Gasteiger partial charge in [-0.2, -0.15) is 0 Å². The van der Waals surface area contributed by atoms with Gasteiger partial charge in [-0.15, -0.1) is 22.9 Å². The lowest BCUT2D eigenvalue weighted by atomic mass is 10.4. The van der Waals surface area contributed by atoms with E-state index in [1.807, 2.05) is 0 Å². The normalized spacial score (nSPS) is 11.1. The van der Waals surface area contributed by atoms with E-state index < -0.39 is 0 Å². The first-order valence-electron chi connectivity index (χ1n) is 4.49. The van der Waals surface area contributed by atoms with Gasteiger partial charge in [0.05, 0.1) is 11.4 Å². The summed E-state index contributed by atoms with van der Waals surface area (Å²) in [5.41, 5.74) is -0.0260. The molecule has 0 aliphatic heterocycles. The van der Waals surface area contributed by atoms with Crippen LogP contribution in [0.4, 0.5) is 0 Å². The van der Waals surface area contributed by atoms with Crippen LogP contribution < -0.4 is 11.2 Å². The van der Waals surface area contributed by atoms with Gasteiger partial charge >= 0.3 is 5.69 Å². The molecule has 0 aliphatic rings. The molecule has 1 N–H and O–H groups in total. The highest BCUT2D eigenvalue weighted by atomic mass is 35.5. The van der Waals surface area contributed by atoms with E-state index in [9.17, 15) is 9.59 Å². The maximum atomic E-state index is 11.8. The average Bonchev–Trinajstić information content (AvgIpc) is 2.61. The molecule has 0 amide bonds. The summed E-state index contributed by atoms with van der Waals surface area (Å²) in [7, 11) is 0. The summed E-state index contributed by atoms with van der Waals surface area (Å²) >= 11 is 7.00. The third kappa shape index (κ3) is 1.61. The minimum Gasteiger partial charge on any atom is -0.306 e. The summed E-state index contributed by atoms with van der Waals surface area (Å²) in [4.78, 5) is 26.8. The maximum Gasteiger partial charge on any atom is 0.328 e. The summed E-state index contributed by atoms with van der Waals surface area (Å²) in [6, 6.07) is 1.75. The Morgan fingerprint density at radius 2 is 2.27 bits per heavy atom. The Morgan fingerprint density at radius 1 is 1.53 bits per heavy atom. The fraction of sp³-hybridized carbons (Fsp3) is 0.333. The molecule has 2 aromatic rings. The lowest BCUT2D eigenvalue weighted by molar-refractivity contribution is 0.685. The monoisotopic (exact) mass is 244 g/mol. The van der Waals surface area contributed by atoms with E-state index in [2.05, 4.69) is 4.98 Å². The van der Waals surface area contributed by atoms with Crippen molar-refractivity contribution in [3.63, 3.8) is 0 Å². The third-order valence-electron chi connectivity index (χ3n) is 2.16. The van der Waals surface area contributed by atoms with Crippen LogP contribution in [0, 0.1) is 0 Å². The van der Waals surface area contributed by atoms with Gasteiger partial charge in [0.1, 0.15) is 4.70 Å². The summed E-state index contributed by atoms with van der Waals surface area (Å²) < 4.78 is 1.74. The number of rotatable bonds is 2. The average molecular weight is 245 g/mol. The fourth-order valence-electron chi connectivity index (χ4n) is 1.44. The lowest BCUT2D eigenvalue weighted by Gasteiger charge is -1.98. The number of hydrogen-bond acceptors (Lipinski definition) is 3. The van der Waals surface area contributed by atoms with E-state index in [0.717, 1.165) is 4.88 Å². The molecule has 0 spiro atoms. The van der Waals surface area contributed by atoms with Gasteiger partial charge in [-0.1, -0.05) is 0 Å². The number of thiophene rings is 1. The van der Waals surface area contributed by atoms with E-state index in [4.69, 9.17) is 11.6 Å². The first-order chi connectivity index (χ1) is 7.17. The topological polar surface area (TPSA) is 54.9 Å². The molecular weight excluding hydrogens is 236 g/mol. The third-order valence-corrected chi connectivity index (χ3v) is 3.73. The second-order valence-corrected chi connectivity index (χ2v) is 4.47. The van der Waals surface area contributed by atoms with Gasteiger partial charge in [-0.05, 0) is 13.0 Å². The Balaban J connectivity index is 2.89. The van der Waals surface area contributed by atoms with Crippen molar-refractivity contribution in [3.05, 3.63) is 31.8 Å². The summed E-state index contributed by atoms with van der Waals surface area (Å²) in [5, 5.41) is 0. The Labute approximate surface area is 94.1 Å². The Morgan fingerprint density at radius 3 is 2.87 bits per heavy atom. The standard InChI is InChI=1S/C9H9ClN2O2S/c1-2-12-8(13)7-6(11-9(12)14)3-5(4-10)15-7/h3H,2,4H2,1H3,(H,11,14). The molecule has 0 saturated carbocycles. The van der Waals surface area contributed by atoms with Crippen molar-refractivity contribution in [2.75, 3.05) is 0 Å². The van der Waals surface area contributed by atoms with E-state index in [1.165, 1.54) is 15.9 Å². The van der Waals surface area contributed by atoms with Gasteiger partial charge in [0.15, 0.2) is 0 Å². The van der Waals surface area contributed by atoms with Crippen LogP contribution >= 0.6 is 22.9 Å². The molecule has 0 aromatic carbocycles. The van der Waals surface area contributed by atoms with Gasteiger partial charge in [0.25, 0.3) is 5.56 Å². The van der Waals surface area contributed by atoms with Crippen molar-refractivity contribution in [2.45, 2.75) is 19.3 Å². The molecule has 2 heterocycles. The SMILES string of the molecule is CCn1c(=O)[nH]c2cc(CCl)sc2c1=O. The van der Waals surface area contributed by atoms with Crippen molar-refractivity contribution in [2.24, 2.45) is 0 Å². The van der Waals surface area contributed by atoms with Crippen LogP contribution in [-0.2, 0) is 12.4 Å². The highest BCUT2D eigenvalue weighted by Crippen LogP contribution is 2.21. The van der Waals surface area contributed by atoms with Gasteiger partial charge in [0, 0.05) is 11.4 Å². The number of nitrogens with one attached hydrogen (secondary N) is 1. The predicted molar refractivity (Wildman–Crippen MR) is 61.9 cm³/mol. The second-order valence-electron chi connectivity index (χ2n) is 3.07. The molecule has 15 heavy (non-hydrogen) atoms. The predicted octanol–water partition coefficient (Wildman–Crippen LogP) is 1.51. The molecule has 80 valence electrons. The van der Waals surface area contributed by atoms with Crippen LogP contribution in [-0.4, -0.2) is 9.55 Å². The van der Waals surface area contributed by atoms with Gasteiger partial charge in [0.2, 0.25) is 0 Å². The number of fused-ring (bicyclic) bond motifs is 1. The van der Waals surface area contributed by atoms with E-state index in [1.54, 1.807) is 13.0 Å². The van der Waals surface area contributed by atoms with Crippen molar-refractivity contribution in [1.82, 2.24) is 9.55 Å². The highest BCUT2D eigenvalue weighted by molar-refractivity contribution is 7.19. The second kappa shape index (κ2) is 3.83. The minimum absolute atomic E-state index is 0.238. The van der Waals surface area contributed by atoms with Gasteiger partial charge in [-0.3, -0.25) is 9.36 Å². The first-order valence-corrected chi connectivity index (χ1v) is 5.84. The zero-order valence-electron chi connectivity index (χ0n) is 8.04. The lowest BCUT2D eigenvalue weighted by Crippen LogP contribution is -2.33. The van der Waals surface area contributed by atoms with Crippen LogP contribution in [0.5, 0.6) is 0 Å². The zero-order chi connectivity index (χ0) is 11.0. The number of aromatic nitrogens is 2. The quantitative estimate of drug-likeness (QED) is 0.815. The van der Waals surface area contributed by atoms with Crippen LogP contribution in [0.2, 0.25) is 0 Å². The van der Waals surface area contributed by atoms with Crippen molar-refractivity contribution >= 4 is 33.2 Å². The van der Waals surface area contributed by atoms with E-state index in [-0.39, 0.29) is 11.2 Å². The number of H-pyrrole nitrogens is 1. The first kappa shape index (κ1) is 10.4. The molecule has 0 aliphatic carbocycles. The fourth-order valence-corrected chi connectivity index (χ4v) is 2.60. The van der Waals surface area contributed by atoms with Crippen molar-refractivity contribution < 1.29 is 0 Å². The molecule has 0 unspecified atom stereocenters. The highest BCUT2D eigenvalue weighted by Gasteiger charge is 2.09. The number of nitrogens with zero attached hydrogens (tertiary/aromatic N) is 1. The van der Waals surface area contributed by atoms with Crippen LogP contribution in [0.1, 0.15) is 11.8 Å². The van der Waals surface area contributed by atoms with E-state index >= 15 is 0 Å². The van der Waals surface area contributed by atoms with Crippen LogP contribution in [0.15, 0.2) is 15.7 Å².